The van der Waals surface area contributed by atoms with Gasteiger partial charge in [0, 0.05) is 23.5 Å². The lowest BCUT2D eigenvalue weighted by Gasteiger charge is -2.06. The van der Waals surface area contributed by atoms with Crippen molar-refractivity contribution in [2.24, 2.45) is 5.92 Å². The molecule has 1 heterocycles. The van der Waals surface area contributed by atoms with E-state index in [-0.39, 0.29) is 5.92 Å². The number of carbonyl (C=O) groups excluding carboxylic acids is 1. The second kappa shape index (κ2) is 2.84. The summed E-state index contributed by atoms with van der Waals surface area (Å²) >= 11 is 0. The molecule has 0 aliphatic heterocycles. The molecule has 3 rings (SSSR count). The molecular weight excluding hydrogens is 176 g/mol. The van der Waals surface area contributed by atoms with Crippen molar-refractivity contribution in [3.8, 4) is 0 Å². The van der Waals surface area contributed by atoms with Crippen molar-refractivity contribution in [1.82, 2.24) is 0 Å². The second-order valence-corrected chi connectivity index (χ2v) is 4.16. The molecule has 0 amide bonds. The van der Waals surface area contributed by atoms with Crippen molar-refractivity contribution in [3.63, 3.8) is 0 Å². The Kier molecular flexibility index (Phi) is 1.63. The van der Waals surface area contributed by atoms with Crippen molar-refractivity contribution in [3.05, 3.63) is 29.2 Å². The van der Waals surface area contributed by atoms with Crippen LogP contribution in [0.5, 0.6) is 0 Å². The molecule has 2 nitrogen and oxygen atoms in total. The Bertz CT molecular complexity index is 412. The lowest BCUT2D eigenvalue weighted by molar-refractivity contribution is -0.120. The molecule has 1 fully saturated rings. The van der Waals surface area contributed by atoms with E-state index < -0.39 is 0 Å². The smallest absolute Gasteiger partial charge is 0.144 e. The number of hydrogen-bond acceptors (Lipinski definition) is 2. The van der Waals surface area contributed by atoms with Crippen LogP contribution in [-0.2, 0) is 11.2 Å². The van der Waals surface area contributed by atoms with Crippen LogP contribution in [0.4, 0.5) is 0 Å². The highest BCUT2D eigenvalue weighted by Crippen LogP contribution is 2.37. The molecule has 0 aromatic carbocycles. The highest BCUT2D eigenvalue weighted by Gasteiger charge is 2.30. The molecule has 0 radical (unpaired) electrons. The van der Waals surface area contributed by atoms with Crippen LogP contribution < -0.4 is 0 Å². The molecule has 1 unspecified atom stereocenters. The van der Waals surface area contributed by atoms with Crippen LogP contribution in [0.25, 0.3) is 6.08 Å². The minimum absolute atomic E-state index is 0.211. The number of carbonyl (C=O) groups is 1. The number of rotatable bonds is 0. The summed E-state index contributed by atoms with van der Waals surface area (Å²) in [5, 5.41) is 0. The molecule has 0 bridgehead atoms. The average Bonchev–Trinajstić information content (AvgIpc) is 2.75. The number of fused-ring (bicyclic) bond motifs is 2. The van der Waals surface area contributed by atoms with E-state index in [2.05, 4.69) is 6.08 Å². The topological polar surface area (TPSA) is 30.2 Å². The lowest BCUT2D eigenvalue weighted by Crippen LogP contribution is -2.13. The van der Waals surface area contributed by atoms with E-state index in [0.29, 0.717) is 12.2 Å². The van der Waals surface area contributed by atoms with Crippen LogP contribution in [-0.4, -0.2) is 5.78 Å². The van der Waals surface area contributed by atoms with Gasteiger partial charge in [-0.3, -0.25) is 4.79 Å². The summed E-state index contributed by atoms with van der Waals surface area (Å²) in [4.78, 5) is 11.9. The van der Waals surface area contributed by atoms with E-state index in [1.807, 2.05) is 0 Å². The first-order valence-corrected chi connectivity index (χ1v) is 5.13. The summed E-state index contributed by atoms with van der Waals surface area (Å²) < 4.78 is 5.12. The molecule has 1 aromatic heterocycles. The molecular formula is C12H12O2. The van der Waals surface area contributed by atoms with E-state index >= 15 is 0 Å². The molecule has 2 heteroatoms. The second-order valence-electron chi connectivity index (χ2n) is 4.16. The predicted octanol–water partition coefficient (Wildman–Crippen LogP) is 2.59. The van der Waals surface area contributed by atoms with Gasteiger partial charge < -0.3 is 4.42 Å². The van der Waals surface area contributed by atoms with Gasteiger partial charge in [0.2, 0.25) is 0 Å². The normalized spacial score (nSPS) is 25.3. The summed E-state index contributed by atoms with van der Waals surface area (Å²) in [6, 6.07) is 0. The Morgan fingerprint density at radius 1 is 1.36 bits per heavy atom. The molecule has 0 N–H and O–H groups in total. The van der Waals surface area contributed by atoms with Crippen LogP contribution >= 0.6 is 0 Å². The van der Waals surface area contributed by atoms with Crippen molar-refractivity contribution < 1.29 is 9.21 Å². The quantitative estimate of drug-likeness (QED) is 0.626. The van der Waals surface area contributed by atoms with Gasteiger partial charge >= 0.3 is 0 Å². The number of furan rings is 1. The van der Waals surface area contributed by atoms with E-state index in [1.54, 1.807) is 12.5 Å². The third-order valence-corrected chi connectivity index (χ3v) is 3.28. The summed E-state index contributed by atoms with van der Waals surface area (Å²) in [5.74, 6) is 0.580. The number of ketones is 1. The van der Waals surface area contributed by atoms with Crippen LogP contribution in [0.2, 0.25) is 0 Å². The standard InChI is InChI=1S/C12H12O2/c13-12-5-10-7-14-6-9(10)4-8-2-1-3-11(8)12/h4,6-7,11H,1-3,5H2. The lowest BCUT2D eigenvalue weighted by atomic mass is 9.97. The highest BCUT2D eigenvalue weighted by molar-refractivity contribution is 5.90. The van der Waals surface area contributed by atoms with Crippen LogP contribution in [0.15, 0.2) is 22.5 Å². The first-order valence-electron chi connectivity index (χ1n) is 5.13. The fraction of sp³-hybridized carbons (Fsp3) is 0.417. The molecule has 2 aliphatic rings. The van der Waals surface area contributed by atoms with Gasteiger partial charge in [-0.05, 0) is 19.3 Å². The molecule has 2 aliphatic carbocycles. The van der Waals surface area contributed by atoms with Crippen LogP contribution in [0.3, 0.4) is 0 Å². The van der Waals surface area contributed by atoms with E-state index in [9.17, 15) is 4.79 Å². The average molecular weight is 188 g/mol. The highest BCUT2D eigenvalue weighted by atomic mass is 16.3. The largest absolute Gasteiger partial charge is 0.472 e. The van der Waals surface area contributed by atoms with E-state index in [0.717, 1.165) is 30.4 Å². The summed E-state index contributed by atoms with van der Waals surface area (Å²) in [6.07, 6.45) is 9.45. The Morgan fingerprint density at radius 2 is 2.29 bits per heavy atom. The first kappa shape index (κ1) is 8.04. The Labute approximate surface area is 82.6 Å². The fourth-order valence-corrected chi connectivity index (χ4v) is 2.52. The summed E-state index contributed by atoms with van der Waals surface area (Å²) in [7, 11) is 0. The third-order valence-electron chi connectivity index (χ3n) is 3.28. The van der Waals surface area contributed by atoms with Gasteiger partial charge in [-0.1, -0.05) is 11.6 Å². The molecule has 1 aromatic rings. The van der Waals surface area contributed by atoms with Crippen LogP contribution in [0, 0.1) is 5.92 Å². The number of hydrogen-bond donors (Lipinski definition) is 0. The van der Waals surface area contributed by atoms with Gasteiger partial charge in [0.1, 0.15) is 5.78 Å². The Morgan fingerprint density at radius 3 is 3.21 bits per heavy atom. The molecule has 72 valence electrons. The SMILES string of the molecule is O=C1Cc2cocc2C=C2CCCC12. The zero-order valence-corrected chi connectivity index (χ0v) is 7.95. The maximum atomic E-state index is 11.9. The van der Waals surface area contributed by atoms with Crippen LogP contribution in [0.1, 0.15) is 30.4 Å². The maximum absolute atomic E-state index is 11.9. The summed E-state index contributed by atoms with van der Waals surface area (Å²) in [6.45, 7) is 0. The minimum atomic E-state index is 0.211. The fourth-order valence-electron chi connectivity index (χ4n) is 2.52. The maximum Gasteiger partial charge on any atom is 0.144 e. The number of Topliss-reactive ketones (excluding diaryl/α,β-unsaturated/α-hetero) is 1. The monoisotopic (exact) mass is 188 g/mol. The van der Waals surface area contributed by atoms with E-state index in [4.69, 9.17) is 4.42 Å². The summed E-state index contributed by atoms with van der Waals surface area (Å²) in [5.41, 5.74) is 3.48. The van der Waals surface area contributed by atoms with Crippen molar-refractivity contribution in [2.75, 3.05) is 0 Å². The first-order chi connectivity index (χ1) is 6.84. The van der Waals surface area contributed by atoms with Gasteiger partial charge in [0.05, 0.1) is 12.5 Å². The molecule has 1 atom stereocenters. The van der Waals surface area contributed by atoms with Crippen molar-refractivity contribution >= 4 is 11.9 Å². The zero-order chi connectivity index (χ0) is 9.54. The van der Waals surface area contributed by atoms with Gasteiger partial charge in [0.15, 0.2) is 0 Å². The molecule has 1 saturated carbocycles. The molecule has 0 saturated heterocycles. The minimum Gasteiger partial charge on any atom is -0.472 e. The van der Waals surface area contributed by atoms with Gasteiger partial charge in [-0.2, -0.15) is 0 Å². The predicted molar refractivity (Wildman–Crippen MR) is 52.7 cm³/mol. The zero-order valence-electron chi connectivity index (χ0n) is 7.95. The van der Waals surface area contributed by atoms with Crippen molar-refractivity contribution in [2.45, 2.75) is 25.7 Å². The van der Waals surface area contributed by atoms with Crippen molar-refractivity contribution in [1.29, 1.82) is 0 Å². The molecule has 0 spiro atoms. The third kappa shape index (κ3) is 1.07. The van der Waals surface area contributed by atoms with Gasteiger partial charge in [0.25, 0.3) is 0 Å². The number of allylic oxidation sites excluding steroid dienone is 1. The Balaban J connectivity index is 2.12. The molecule has 14 heavy (non-hydrogen) atoms. The van der Waals surface area contributed by atoms with Gasteiger partial charge in [-0.25, -0.2) is 0 Å². The van der Waals surface area contributed by atoms with E-state index in [1.165, 1.54) is 5.57 Å². The Hall–Kier alpha value is -1.31. The van der Waals surface area contributed by atoms with Gasteiger partial charge in [-0.15, -0.1) is 0 Å².